The van der Waals surface area contributed by atoms with E-state index in [0.717, 1.165) is 12.8 Å². The molecule has 0 spiro atoms. The third kappa shape index (κ3) is 2.60. The Morgan fingerprint density at radius 3 is 3.12 bits per heavy atom. The van der Waals surface area contributed by atoms with Crippen molar-refractivity contribution in [1.82, 2.24) is 20.2 Å². The highest BCUT2D eigenvalue weighted by Crippen LogP contribution is 2.29. The molecule has 1 aliphatic rings. The summed E-state index contributed by atoms with van der Waals surface area (Å²) in [6.07, 6.45) is 2.50. The maximum Gasteiger partial charge on any atom is 0.305 e. The number of carboxylic acid groups (broad SMARTS) is 1. The Labute approximate surface area is 98.8 Å². The van der Waals surface area contributed by atoms with Crippen LogP contribution in [0.4, 0.5) is 0 Å². The molecule has 2 rings (SSSR count). The monoisotopic (exact) mass is 240 g/mol. The molecule has 1 N–H and O–H groups in total. The minimum Gasteiger partial charge on any atom is -0.481 e. The van der Waals surface area contributed by atoms with Crippen LogP contribution in [0.1, 0.15) is 50.6 Å². The summed E-state index contributed by atoms with van der Waals surface area (Å²) in [6, 6.07) is -0.207. The Hall–Kier alpha value is -1.50. The molecule has 0 amide bonds. The molecule has 2 unspecified atom stereocenters. The van der Waals surface area contributed by atoms with Gasteiger partial charge in [0.15, 0.2) is 5.82 Å². The molecule has 0 radical (unpaired) electrons. The first-order valence-corrected chi connectivity index (χ1v) is 5.83. The first kappa shape index (κ1) is 12.0. The van der Waals surface area contributed by atoms with Gasteiger partial charge in [0.1, 0.15) is 6.10 Å². The van der Waals surface area contributed by atoms with E-state index in [1.165, 1.54) is 0 Å². The largest absolute Gasteiger partial charge is 0.481 e. The van der Waals surface area contributed by atoms with Gasteiger partial charge in [-0.1, -0.05) is 6.92 Å². The first-order chi connectivity index (χ1) is 8.22. The Kier molecular flexibility index (Phi) is 3.68. The molecule has 0 aromatic carbocycles. The molecule has 2 atom stereocenters. The highest BCUT2D eigenvalue weighted by atomic mass is 16.5. The second-order valence-corrected chi connectivity index (χ2v) is 4.14. The number of carbonyl (C=O) groups is 1. The Morgan fingerprint density at radius 2 is 2.53 bits per heavy atom. The van der Waals surface area contributed by atoms with Crippen molar-refractivity contribution in [3.8, 4) is 0 Å². The Morgan fingerprint density at radius 1 is 1.71 bits per heavy atom. The number of aromatic nitrogens is 4. The van der Waals surface area contributed by atoms with Crippen LogP contribution >= 0.6 is 0 Å². The smallest absolute Gasteiger partial charge is 0.305 e. The summed E-state index contributed by atoms with van der Waals surface area (Å²) in [4.78, 5) is 10.8. The van der Waals surface area contributed by atoms with Crippen molar-refractivity contribution in [2.75, 3.05) is 6.61 Å². The first-order valence-electron chi connectivity index (χ1n) is 5.83. The Balaban J connectivity index is 2.18. The summed E-state index contributed by atoms with van der Waals surface area (Å²) < 4.78 is 7.13. The van der Waals surface area contributed by atoms with E-state index in [2.05, 4.69) is 15.5 Å². The number of nitrogens with zero attached hydrogens (tertiary/aromatic N) is 4. The molecule has 0 aliphatic carbocycles. The van der Waals surface area contributed by atoms with Gasteiger partial charge in [-0.3, -0.25) is 4.79 Å². The lowest BCUT2D eigenvalue weighted by molar-refractivity contribution is -0.138. The molecule has 0 bridgehead atoms. The number of carboxylic acids is 1. The molecule has 17 heavy (non-hydrogen) atoms. The van der Waals surface area contributed by atoms with Crippen LogP contribution in [0.5, 0.6) is 0 Å². The van der Waals surface area contributed by atoms with Gasteiger partial charge in [0.05, 0.1) is 12.5 Å². The lowest BCUT2D eigenvalue weighted by Crippen LogP contribution is -2.18. The minimum atomic E-state index is -0.842. The van der Waals surface area contributed by atoms with Crippen LogP contribution in [0.15, 0.2) is 0 Å². The average Bonchev–Trinajstić information content (AvgIpc) is 2.94. The zero-order valence-electron chi connectivity index (χ0n) is 9.74. The van der Waals surface area contributed by atoms with Gasteiger partial charge >= 0.3 is 5.97 Å². The second-order valence-electron chi connectivity index (χ2n) is 4.14. The van der Waals surface area contributed by atoms with E-state index in [1.807, 2.05) is 6.92 Å². The molecular weight excluding hydrogens is 224 g/mol. The highest BCUT2D eigenvalue weighted by Gasteiger charge is 2.27. The number of hydrogen-bond donors (Lipinski definition) is 1. The lowest BCUT2D eigenvalue weighted by Gasteiger charge is -2.16. The average molecular weight is 240 g/mol. The van der Waals surface area contributed by atoms with Crippen LogP contribution in [0, 0.1) is 0 Å². The number of tetrazole rings is 1. The van der Waals surface area contributed by atoms with E-state index in [-0.39, 0.29) is 18.6 Å². The van der Waals surface area contributed by atoms with Gasteiger partial charge in [-0.2, -0.15) is 0 Å². The van der Waals surface area contributed by atoms with Crippen molar-refractivity contribution in [3.05, 3.63) is 5.82 Å². The van der Waals surface area contributed by atoms with Gasteiger partial charge in [0, 0.05) is 6.61 Å². The molecule has 2 heterocycles. The zero-order chi connectivity index (χ0) is 12.3. The van der Waals surface area contributed by atoms with Crippen LogP contribution in [0.2, 0.25) is 0 Å². The van der Waals surface area contributed by atoms with Gasteiger partial charge in [0.25, 0.3) is 0 Å². The Bertz CT molecular complexity index is 387. The lowest BCUT2D eigenvalue weighted by atomic mass is 10.1. The molecule has 7 nitrogen and oxygen atoms in total. The van der Waals surface area contributed by atoms with E-state index in [4.69, 9.17) is 9.84 Å². The SMILES string of the molecule is CCC(CC(=O)O)n1nnnc1C1CCCO1. The third-order valence-electron chi connectivity index (χ3n) is 2.96. The standard InChI is InChI=1S/C10H16N4O3/c1-2-7(6-9(15)16)14-10(11-12-13-14)8-4-3-5-17-8/h7-8H,2-6H2,1H3,(H,15,16). The fourth-order valence-electron chi connectivity index (χ4n) is 2.06. The molecule has 94 valence electrons. The van der Waals surface area contributed by atoms with Crippen molar-refractivity contribution < 1.29 is 14.6 Å². The van der Waals surface area contributed by atoms with Gasteiger partial charge in [-0.05, 0) is 29.7 Å². The van der Waals surface area contributed by atoms with Crippen LogP contribution in [-0.2, 0) is 9.53 Å². The number of hydrogen-bond acceptors (Lipinski definition) is 5. The second kappa shape index (κ2) is 5.22. The zero-order valence-corrected chi connectivity index (χ0v) is 9.74. The quantitative estimate of drug-likeness (QED) is 0.824. The summed E-state index contributed by atoms with van der Waals surface area (Å²) >= 11 is 0. The van der Waals surface area contributed by atoms with E-state index < -0.39 is 5.97 Å². The summed E-state index contributed by atoms with van der Waals surface area (Å²) in [5.74, 6) is -0.193. The van der Waals surface area contributed by atoms with E-state index >= 15 is 0 Å². The van der Waals surface area contributed by atoms with Gasteiger partial charge in [-0.15, -0.1) is 5.10 Å². The summed E-state index contributed by atoms with van der Waals surface area (Å²) in [5, 5.41) is 20.3. The summed E-state index contributed by atoms with van der Waals surface area (Å²) in [5.41, 5.74) is 0. The molecular formula is C10H16N4O3. The predicted octanol–water partition coefficient (Wildman–Crippen LogP) is 0.950. The van der Waals surface area contributed by atoms with Crippen molar-refractivity contribution in [1.29, 1.82) is 0 Å². The molecule has 0 saturated carbocycles. The van der Waals surface area contributed by atoms with Gasteiger partial charge in [0.2, 0.25) is 0 Å². The van der Waals surface area contributed by atoms with Crippen LogP contribution in [-0.4, -0.2) is 37.9 Å². The molecule has 1 fully saturated rings. The summed E-state index contributed by atoms with van der Waals surface area (Å²) in [7, 11) is 0. The normalized spacial score (nSPS) is 21.6. The minimum absolute atomic E-state index is 0.0290. The highest BCUT2D eigenvalue weighted by molar-refractivity contribution is 5.67. The maximum atomic E-state index is 10.8. The molecule has 1 aromatic heterocycles. The van der Waals surface area contributed by atoms with Crippen LogP contribution in [0.25, 0.3) is 0 Å². The van der Waals surface area contributed by atoms with Gasteiger partial charge < -0.3 is 9.84 Å². The third-order valence-corrected chi connectivity index (χ3v) is 2.96. The number of rotatable bonds is 5. The molecule has 7 heteroatoms. The topological polar surface area (TPSA) is 90.1 Å². The fraction of sp³-hybridized carbons (Fsp3) is 0.800. The van der Waals surface area contributed by atoms with Crippen LogP contribution < -0.4 is 0 Å². The summed E-state index contributed by atoms with van der Waals surface area (Å²) in [6.45, 7) is 2.64. The molecule has 1 aromatic rings. The number of aliphatic carboxylic acids is 1. The molecule has 1 aliphatic heterocycles. The van der Waals surface area contributed by atoms with Crippen molar-refractivity contribution in [2.45, 2.75) is 44.8 Å². The van der Waals surface area contributed by atoms with Crippen molar-refractivity contribution in [2.24, 2.45) is 0 Å². The molecule has 1 saturated heterocycles. The fourth-order valence-corrected chi connectivity index (χ4v) is 2.06. The van der Waals surface area contributed by atoms with Gasteiger partial charge in [-0.25, -0.2) is 4.68 Å². The number of ether oxygens (including phenoxy) is 1. The van der Waals surface area contributed by atoms with E-state index in [9.17, 15) is 4.79 Å². The van der Waals surface area contributed by atoms with Crippen molar-refractivity contribution >= 4 is 5.97 Å². The maximum absolute atomic E-state index is 10.8. The van der Waals surface area contributed by atoms with E-state index in [1.54, 1.807) is 4.68 Å². The van der Waals surface area contributed by atoms with Crippen LogP contribution in [0.3, 0.4) is 0 Å². The predicted molar refractivity (Wildman–Crippen MR) is 57.3 cm³/mol. The van der Waals surface area contributed by atoms with Crippen molar-refractivity contribution in [3.63, 3.8) is 0 Å². The van der Waals surface area contributed by atoms with E-state index in [0.29, 0.717) is 18.9 Å².